The number of nitrogens with one attached hydrogen (secondary N) is 4. The fraction of sp³-hybridized carbons (Fsp3) is 0.333. The van der Waals surface area contributed by atoms with E-state index in [1.807, 2.05) is 23.3 Å². The van der Waals surface area contributed by atoms with Gasteiger partial charge in [-0.1, -0.05) is 32.9 Å². The molecule has 0 saturated heterocycles. The van der Waals surface area contributed by atoms with E-state index in [1.165, 1.54) is 12.1 Å². The lowest BCUT2D eigenvalue weighted by Crippen LogP contribution is -2.38. The van der Waals surface area contributed by atoms with Crippen LogP contribution < -0.4 is 21.6 Å². The first-order chi connectivity index (χ1) is 17.6. The van der Waals surface area contributed by atoms with Crippen molar-refractivity contribution in [1.82, 2.24) is 21.0 Å². The molecule has 1 saturated carbocycles. The van der Waals surface area contributed by atoms with Gasteiger partial charge in [-0.25, -0.2) is 4.39 Å². The largest absolute Gasteiger partial charge is 0.383 e. The first-order valence-corrected chi connectivity index (χ1v) is 12.7. The fourth-order valence-electron chi connectivity index (χ4n) is 4.02. The quantitative estimate of drug-likeness (QED) is 0.289. The molecule has 1 aromatic heterocycles. The van der Waals surface area contributed by atoms with Crippen molar-refractivity contribution in [3.05, 3.63) is 75.9 Å². The van der Waals surface area contributed by atoms with Crippen LogP contribution in [-0.4, -0.2) is 22.6 Å². The van der Waals surface area contributed by atoms with E-state index in [0.29, 0.717) is 46.3 Å². The van der Waals surface area contributed by atoms with Crippen LogP contribution in [0.4, 0.5) is 15.8 Å². The summed E-state index contributed by atoms with van der Waals surface area (Å²) in [5, 5.41) is 19.3. The Labute approximate surface area is 220 Å². The number of hydrogen-bond donors (Lipinski definition) is 4. The number of aromatic nitrogens is 1. The van der Waals surface area contributed by atoms with E-state index >= 15 is 0 Å². The van der Waals surface area contributed by atoms with Gasteiger partial charge in [0.2, 0.25) is 0 Å². The van der Waals surface area contributed by atoms with Gasteiger partial charge < -0.3 is 16.1 Å². The molecule has 2 aromatic carbocycles. The molecule has 0 unspecified atom stereocenters. The summed E-state index contributed by atoms with van der Waals surface area (Å²) in [5.41, 5.74) is 9.90. The maximum absolute atomic E-state index is 13.8. The van der Waals surface area contributed by atoms with E-state index < -0.39 is 6.02 Å². The molecule has 1 atom stereocenters. The standard InChI is InChI=1S/C27H29BrFN7/c1-27(2,3)15-32-24-17(12-30)13-31-26-21(24)10-19(11-22(26)28)33-25(16-4-6-18(29)7-5-16)23-14-36(35-34-23)20-8-9-20/h4-7,10-11,13-14,20,25,33-35H,8-9,15H2,1-3H3,(H,31,32)/t25-/m1/s1/i25D. The Morgan fingerprint density at radius 2 is 2.06 bits per heavy atom. The summed E-state index contributed by atoms with van der Waals surface area (Å²) >= 11 is 3.64. The highest BCUT2D eigenvalue weighted by molar-refractivity contribution is 9.10. The van der Waals surface area contributed by atoms with Crippen LogP contribution in [0.15, 0.2) is 59.0 Å². The van der Waals surface area contributed by atoms with Gasteiger partial charge in [-0.2, -0.15) is 5.26 Å². The zero-order valence-electron chi connectivity index (χ0n) is 21.4. The van der Waals surface area contributed by atoms with Crippen molar-refractivity contribution in [1.29, 1.82) is 5.26 Å². The molecule has 7 nitrogen and oxygen atoms in total. The summed E-state index contributed by atoms with van der Waals surface area (Å²) in [5.74, 6) is -0.365. The number of anilines is 2. The Morgan fingerprint density at radius 3 is 2.72 bits per heavy atom. The Kier molecular flexibility index (Phi) is 6.15. The van der Waals surface area contributed by atoms with Crippen molar-refractivity contribution in [2.45, 2.75) is 45.7 Å². The van der Waals surface area contributed by atoms with Gasteiger partial charge in [-0.15, -0.1) is 5.53 Å². The normalized spacial score (nSPS) is 17.6. The molecule has 0 spiro atoms. The van der Waals surface area contributed by atoms with Gasteiger partial charge in [-0.05, 0) is 64.0 Å². The smallest absolute Gasteiger partial charge is 0.123 e. The summed E-state index contributed by atoms with van der Waals surface area (Å²) in [6, 6.07) is 10.9. The third-order valence-corrected chi connectivity index (χ3v) is 6.64. The van der Waals surface area contributed by atoms with E-state index in [2.05, 4.69) is 69.3 Å². The summed E-state index contributed by atoms with van der Waals surface area (Å²) < 4.78 is 24.1. The topological polar surface area (TPSA) is 88.0 Å². The second-order valence-corrected chi connectivity index (χ2v) is 11.2. The maximum atomic E-state index is 13.8. The van der Waals surface area contributed by atoms with Crippen LogP contribution >= 0.6 is 15.9 Å². The van der Waals surface area contributed by atoms with E-state index in [-0.39, 0.29) is 11.2 Å². The maximum Gasteiger partial charge on any atom is 0.123 e. The Morgan fingerprint density at radius 1 is 1.31 bits per heavy atom. The predicted molar refractivity (Wildman–Crippen MR) is 144 cm³/mol. The second kappa shape index (κ2) is 9.60. The van der Waals surface area contributed by atoms with Gasteiger partial charge in [0.15, 0.2) is 0 Å². The molecule has 1 aliphatic heterocycles. The fourth-order valence-corrected chi connectivity index (χ4v) is 4.58. The molecule has 4 N–H and O–H groups in total. The molecule has 0 radical (unpaired) electrons. The average Bonchev–Trinajstić information content (AvgIpc) is 3.58. The summed E-state index contributed by atoms with van der Waals surface area (Å²) in [6.45, 7) is 7.03. The number of hydrazine groups is 2. The second-order valence-electron chi connectivity index (χ2n) is 10.4. The minimum Gasteiger partial charge on any atom is -0.383 e. The van der Waals surface area contributed by atoms with E-state index in [4.69, 9.17) is 0 Å². The van der Waals surface area contributed by atoms with Crippen LogP contribution in [0, 0.1) is 22.6 Å². The lowest BCUT2D eigenvalue weighted by molar-refractivity contribution is 0.260. The Balaban J connectivity index is 1.60. The first kappa shape index (κ1) is 23.1. The zero-order chi connectivity index (χ0) is 26.4. The molecule has 1 aliphatic carbocycles. The van der Waals surface area contributed by atoms with Crippen LogP contribution in [0.25, 0.3) is 10.9 Å². The van der Waals surface area contributed by atoms with Crippen molar-refractivity contribution in [2.75, 3.05) is 17.2 Å². The van der Waals surface area contributed by atoms with Gasteiger partial charge in [0, 0.05) is 40.5 Å². The van der Waals surface area contributed by atoms with Crippen LogP contribution in [0.1, 0.15) is 52.1 Å². The van der Waals surface area contributed by atoms with Crippen LogP contribution in [0.5, 0.6) is 0 Å². The van der Waals surface area contributed by atoms with Crippen LogP contribution in [0.3, 0.4) is 0 Å². The SMILES string of the molecule is [2H][C@](Nc1cc(Br)c2ncc(C#N)c(NCC(C)(C)C)c2c1)(C1=CN(C2CC2)NN1)c1ccc(F)cc1. The Bertz CT molecular complexity index is 1410. The number of nitrogens with zero attached hydrogens (tertiary/aromatic N) is 3. The lowest BCUT2D eigenvalue weighted by atomic mass is 9.96. The average molecular weight is 551 g/mol. The van der Waals surface area contributed by atoms with E-state index in [1.54, 1.807) is 18.3 Å². The molecule has 9 heteroatoms. The summed E-state index contributed by atoms with van der Waals surface area (Å²) in [4.78, 5) is 4.51. The van der Waals surface area contributed by atoms with Crippen molar-refractivity contribution < 1.29 is 5.76 Å². The minimum atomic E-state index is -1.46. The molecular formula is C27H29BrFN7. The number of rotatable bonds is 7. The highest BCUT2D eigenvalue weighted by Gasteiger charge is 2.32. The van der Waals surface area contributed by atoms with Crippen molar-refractivity contribution >= 4 is 38.2 Å². The number of benzene rings is 2. The van der Waals surface area contributed by atoms with E-state index in [0.717, 1.165) is 22.7 Å². The number of nitriles is 1. The number of hydrogen-bond acceptors (Lipinski definition) is 7. The molecule has 186 valence electrons. The monoisotopic (exact) mass is 550 g/mol. The molecule has 5 rings (SSSR count). The predicted octanol–water partition coefficient (Wildman–Crippen LogP) is 5.95. The third kappa shape index (κ3) is 5.25. The highest BCUT2D eigenvalue weighted by Crippen LogP contribution is 2.37. The molecule has 0 bridgehead atoms. The van der Waals surface area contributed by atoms with Crippen LogP contribution in [-0.2, 0) is 0 Å². The van der Waals surface area contributed by atoms with Crippen LogP contribution in [0.2, 0.25) is 0 Å². The molecule has 1 fully saturated rings. The first-order valence-electron chi connectivity index (χ1n) is 12.4. The molecule has 2 heterocycles. The van der Waals surface area contributed by atoms with Crippen molar-refractivity contribution in [3.8, 4) is 6.07 Å². The minimum absolute atomic E-state index is 0.00459. The van der Waals surface area contributed by atoms with Gasteiger partial charge in [0.1, 0.15) is 11.9 Å². The lowest BCUT2D eigenvalue weighted by Gasteiger charge is -2.23. The number of fused-ring (bicyclic) bond motifs is 1. The van der Waals surface area contributed by atoms with Gasteiger partial charge in [0.05, 0.1) is 29.9 Å². The Hall–Kier alpha value is -3.35. The molecule has 36 heavy (non-hydrogen) atoms. The zero-order valence-corrected chi connectivity index (χ0v) is 22.0. The number of halogens is 2. The molecule has 0 amide bonds. The summed E-state index contributed by atoms with van der Waals surface area (Å²) in [6.07, 6.45) is 5.64. The number of pyridine rings is 1. The molecule has 2 aliphatic rings. The van der Waals surface area contributed by atoms with Gasteiger partial charge in [0.25, 0.3) is 0 Å². The third-order valence-electron chi connectivity index (χ3n) is 6.04. The molecular weight excluding hydrogens is 521 g/mol. The van der Waals surface area contributed by atoms with E-state index in [9.17, 15) is 11.0 Å². The summed E-state index contributed by atoms with van der Waals surface area (Å²) in [7, 11) is 0. The molecule has 3 aromatic rings. The highest BCUT2D eigenvalue weighted by atomic mass is 79.9. The van der Waals surface area contributed by atoms with Crippen molar-refractivity contribution in [3.63, 3.8) is 0 Å². The van der Waals surface area contributed by atoms with Gasteiger partial charge >= 0.3 is 0 Å². The van der Waals surface area contributed by atoms with Crippen molar-refractivity contribution in [2.24, 2.45) is 5.41 Å². The van der Waals surface area contributed by atoms with Gasteiger partial charge in [-0.3, -0.25) is 9.99 Å².